The van der Waals surface area contributed by atoms with Crippen LogP contribution in [0, 0.1) is 11.7 Å². The van der Waals surface area contributed by atoms with Crippen molar-refractivity contribution in [3.8, 4) is 0 Å². The van der Waals surface area contributed by atoms with Crippen molar-refractivity contribution in [3.63, 3.8) is 0 Å². The highest BCUT2D eigenvalue weighted by Gasteiger charge is 2.15. The number of hydrogen-bond acceptors (Lipinski definition) is 2. The van der Waals surface area contributed by atoms with Crippen LogP contribution in [0.5, 0.6) is 0 Å². The summed E-state index contributed by atoms with van der Waals surface area (Å²) in [6.45, 7) is 9.78. The second kappa shape index (κ2) is 6.01. The highest BCUT2D eigenvalue weighted by molar-refractivity contribution is 5.54. The third-order valence-electron chi connectivity index (χ3n) is 2.75. The van der Waals surface area contributed by atoms with Gasteiger partial charge in [0.1, 0.15) is 5.82 Å². The first-order chi connectivity index (χ1) is 7.95. The molecule has 0 aliphatic carbocycles. The second-order valence-electron chi connectivity index (χ2n) is 4.81. The van der Waals surface area contributed by atoms with Crippen molar-refractivity contribution in [2.45, 2.75) is 33.8 Å². The highest BCUT2D eigenvalue weighted by Crippen LogP contribution is 2.27. The van der Waals surface area contributed by atoms with Crippen LogP contribution in [0.25, 0.3) is 0 Å². The molecule has 0 saturated heterocycles. The van der Waals surface area contributed by atoms with Crippen LogP contribution in [0.1, 0.15) is 39.4 Å². The predicted molar refractivity (Wildman–Crippen MR) is 69.8 cm³/mol. The van der Waals surface area contributed by atoms with E-state index in [1.54, 1.807) is 13.0 Å². The Hall–Kier alpha value is -1.09. The molecule has 1 atom stereocenters. The van der Waals surface area contributed by atoms with Gasteiger partial charge in [0.15, 0.2) is 0 Å². The van der Waals surface area contributed by atoms with Gasteiger partial charge in [-0.05, 0) is 38.0 Å². The molecular formula is C14H22FNO. The molecule has 2 nitrogen and oxygen atoms in total. The summed E-state index contributed by atoms with van der Waals surface area (Å²) in [5, 5.41) is 9.71. The fraction of sp³-hybridized carbons (Fsp3) is 0.571. The Kier molecular flexibility index (Phi) is 4.94. The number of aliphatic hydroxyl groups excluding tert-OH is 1. The molecule has 1 aromatic carbocycles. The van der Waals surface area contributed by atoms with Crippen molar-refractivity contribution >= 4 is 5.69 Å². The van der Waals surface area contributed by atoms with Gasteiger partial charge in [-0.1, -0.05) is 13.8 Å². The van der Waals surface area contributed by atoms with Crippen LogP contribution in [0.15, 0.2) is 18.2 Å². The van der Waals surface area contributed by atoms with Crippen molar-refractivity contribution in [1.29, 1.82) is 0 Å². The zero-order valence-electron chi connectivity index (χ0n) is 11.1. The van der Waals surface area contributed by atoms with E-state index in [0.717, 1.165) is 18.8 Å². The van der Waals surface area contributed by atoms with E-state index in [1.807, 2.05) is 0 Å². The molecule has 1 aromatic rings. The maximum absolute atomic E-state index is 13.2. The molecule has 0 aliphatic rings. The number of benzene rings is 1. The van der Waals surface area contributed by atoms with E-state index in [1.165, 1.54) is 12.1 Å². The minimum absolute atomic E-state index is 0.301. The number of rotatable bonds is 5. The lowest BCUT2D eigenvalue weighted by atomic mass is 10.1. The second-order valence-corrected chi connectivity index (χ2v) is 4.81. The van der Waals surface area contributed by atoms with E-state index < -0.39 is 6.10 Å². The van der Waals surface area contributed by atoms with Crippen molar-refractivity contribution in [1.82, 2.24) is 0 Å². The molecule has 1 N–H and O–H groups in total. The number of halogens is 1. The standard InChI is InChI=1S/C14H22FNO/c1-5-16(9-10(2)3)14-7-6-12(15)8-13(14)11(4)17/h6-8,10-11,17H,5,9H2,1-4H3/t11-/m0/s1. The van der Waals surface area contributed by atoms with E-state index in [-0.39, 0.29) is 5.82 Å². The molecule has 0 radical (unpaired) electrons. The first-order valence-corrected chi connectivity index (χ1v) is 6.18. The molecule has 0 unspecified atom stereocenters. The Labute approximate surface area is 103 Å². The van der Waals surface area contributed by atoms with Crippen LogP contribution in [-0.2, 0) is 0 Å². The Bertz CT molecular complexity index is 363. The Morgan fingerprint density at radius 1 is 1.29 bits per heavy atom. The number of nitrogens with zero attached hydrogens (tertiary/aromatic N) is 1. The maximum Gasteiger partial charge on any atom is 0.123 e. The normalized spacial score (nSPS) is 12.9. The summed E-state index contributed by atoms with van der Waals surface area (Å²) in [6.07, 6.45) is -0.651. The highest BCUT2D eigenvalue weighted by atomic mass is 19.1. The molecule has 0 spiro atoms. The quantitative estimate of drug-likeness (QED) is 0.851. The predicted octanol–water partition coefficient (Wildman–Crippen LogP) is 3.36. The van der Waals surface area contributed by atoms with Gasteiger partial charge in [0.25, 0.3) is 0 Å². The third-order valence-corrected chi connectivity index (χ3v) is 2.75. The van der Waals surface area contributed by atoms with E-state index in [0.29, 0.717) is 11.5 Å². The lowest BCUT2D eigenvalue weighted by Crippen LogP contribution is -2.28. The third kappa shape index (κ3) is 3.70. The van der Waals surface area contributed by atoms with Crippen LogP contribution in [-0.4, -0.2) is 18.2 Å². The van der Waals surface area contributed by atoms with Gasteiger partial charge in [0.05, 0.1) is 6.10 Å². The van der Waals surface area contributed by atoms with Gasteiger partial charge in [-0.2, -0.15) is 0 Å². The van der Waals surface area contributed by atoms with Crippen LogP contribution in [0.3, 0.4) is 0 Å². The van der Waals surface area contributed by atoms with Crippen molar-refractivity contribution in [2.24, 2.45) is 5.92 Å². The fourth-order valence-corrected chi connectivity index (χ4v) is 1.99. The van der Waals surface area contributed by atoms with Crippen LogP contribution < -0.4 is 4.90 Å². The molecule has 0 aromatic heterocycles. The average Bonchev–Trinajstić information content (AvgIpc) is 2.25. The van der Waals surface area contributed by atoms with Gasteiger partial charge in [-0.25, -0.2) is 4.39 Å². The van der Waals surface area contributed by atoms with Gasteiger partial charge in [0, 0.05) is 24.3 Å². The molecule has 0 saturated carbocycles. The SMILES string of the molecule is CCN(CC(C)C)c1ccc(F)cc1[C@H](C)O. The minimum atomic E-state index is -0.651. The van der Waals surface area contributed by atoms with Crippen molar-refractivity contribution in [2.75, 3.05) is 18.0 Å². The molecule has 0 bridgehead atoms. The molecule has 0 heterocycles. The summed E-state index contributed by atoms with van der Waals surface area (Å²) < 4.78 is 13.2. The summed E-state index contributed by atoms with van der Waals surface area (Å²) in [5.74, 6) is 0.229. The Balaban J connectivity index is 3.09. The van der Waals surface area contributed by atoms with Crippen molar-refractivity contribution < 1.29 is 9.50 Å². The summed E-state index contributed by atoms with van der Waals surface area (Å²) >= 11 is 0. The monoisotopic (exact) mass is 239 g/mol. The van der Waals surface area contributed by atoms with Crippen LogP contribution in [0.2, 0.25) is 0 Å². The zero-order chi connectivity index (χ0) is 13.0. The molecular weight excluding hydrogens is 217 g/mol. The van der Waals surface area contributed by atoms with E-state index >= 15 is 0 Å². The molecule has 0 aliphatic heterocycles. The summed E-state index contributed by atoms with van der Waals surface area (Å²) in [7, 11) is 0. The zero-order valence-corrected chi connectivity index (χ0v) is 11.1. The van der Waals surface area contributed by atoms with E-state index in [2.05, 4.69) is 25.7 Å². The van der Waals surface area contributed by atoms with Crippen molar-refractivity contribution in [3.05, 3.63) is 29.6 Å². The first kappa shape index (κ1) is 14.0. The van der Waals surface area contributed by atoms with Gasteiger partial charge >= 0.3 is 0 Å². The number of anilines is 1. The topological polar surface area (TPSA) is 23.5 Å². The lowest BCUT2D eigenvalue weighted by Gasteiger charge is -2.28. The maximum atomic E-state index is 13.2. The molecule has 0 fully saturated rings. The Morgan fingerprint density at radius 3 is 2.41 bits per heavy atom. The summed E-state index contributed by atoms with van der Waals surface area (Å²) in [4.78, 5) is 2.17. The molecule has 3 heteroatoms. The Morgan fingerprint density at radius 2 is 1.94 bits per heavy atom. The molecule has 0 amide bonds. The summed E-state index contributed by atoms with van der Waals surface area (Å²) in [5.41, 5.74) is 1.59. The number of aliphatic hydroxyl groups is 1. The van der Waals surface area contributed by atoms with Crippen LogP contribution >= 0.6 is 0 Å². The summed E-state index contributed by atoms with van der Waals surface area (Å²) in [6, 6.07) is 4.62. The average molecular weight is 239 g/mol. The largest absolute Gasteiger partial charge is 0.389 e. The van der Waals surface area contributed by atoms with Gasteiger partial charge in [-0.15, -0.1) is 0 Å². The molecule has 1 rings (SSSR count). The molecule has 96 valence electrons. The first-order valence-electron chi connectivity index (χ1n) is 6.18. The smallest absolute Gasteiger partial charge is 0.123 e. The van der Waals surface area contributed by atoms with E-state index in [4.69, 9.17) is 0 Å². The fourth-order valence-electron chi connectivity index (χ4n) is 1.99. The van der Waals surface area contributed by atoms with Gasteiger partial charge in [0.2, 0.25) is 0 Å². The van der Waals surface area contributed by atoms with Gasteiger partial charge in [-0.3, -0.25) is 0 Å². The molecule has 17 heavy (non-hydrogen) atoms. The minimum Gasteiger partial charge on any atom is -0.389 e. The van der Waals surface area contributed by atoms with Gasteiger partial charge < -0.3 is 10.0 Å². The van der Waals surface area contributed by atoms with Crippen LogP contribution in [0.4, 0.5) is 10.1 Å². The number of hydrogen-bond donors (Lipinski definition) is 1. The lowest BCUT2D eigenvalue weighted by molar-refractivity contribution is 0.199. The van der Waals surface area contributed by atoms with E-state index in [9.17, 15) is 9.50 Å².